The average molecular weight is 282 g/mol. The van der Waals surface area contributed by atoms with Crippen molar-refractivity contribution in [3.05, 3.63) is 65.0 Å². The number of ether oxygens (including phenoxy) is 1. The Balaban J connectivity index is 2.28. The Labute approximate surface area is 114 Å². The lowest BCUT2D eigenvalue weighted by molar-refractivity contribution is -0.0499. The van der Waals surface area contributed by atoms with E-state index in [0.717, 1.165) is 0 Å². The van der Waals surface area contributed by atoms with E-state index in [0.29, 0.717) is 16.7 Å². The summed E-state index contributed by atoms with van der Waals surface area (Å²) in [4.78, 5) is 0. The highest BCUT2D eigenvalue weighted by Crippen LogP contribution is 2.26. The highest BCUT2D eigenvalue weighted by molar-refractivity contribution is 5.36. The van der Waals surface area contributed by atoms with Crippen molar-refractivity contribution in [1.82, 2.24) is 0 Å². The number of hydrogen-bond donors (Lipinski definition) is 1. The maximum absolute atomic E-state index is 13.2. The molecule has 2 rings (SSSR count). The molecule has 0 fully saturated rings. The fourth-order valence-corrected chi connectivity index (χ4v) is 1.89. The minimum atomic E-state index is -2.92. The second-order valence-corrected chi connectivity index (χ2v) is 4.36. The van der Waals surface area contributed by atoms with Crippen LogP contribution in [0, 0.1) is 12.7 Å². The van der Waals surface area contributed by atoms with Gasteiger partial charge in [0, 0.05) is 0 Å². The van der Waals surface area contributed by atoms with Gasteiger partial charge in [0.05, 0.1) is 0 Å². The van der Waals surface area contributed by atoms with Crippen molar-refractivity contribution in [3.8, 4) is 5.75 Å². The van der Waals surface area contributed by atoms with E-state index in [-0.39, 0.29) is 11.6 Å². The highest BCUT2D eigenvalue weighted by atomic mass is 19.3. The van der Waals surface area contributed by atoms with Gasteiger partial charge in [0.1, 0.15) is 17.7 Å². The smallest absolute Gasteiger partial charge is 0.387 e. The van der Waals surface area contributed by atoms with Crippen molar-refractivity contribution < 1.29 is 23.0 Å². The standard InChI is InChI=1S/C15H13F3O2/c1-9-7-11(5-6-13(9)16)14(19)10-3-2-4-12(8-10)20-15(17)18/h2-8,14-15,19H,1H3. The molecule has 0 saturated carbocycles. The Morgan fingerprint density at radius 2 is 1.75 bits per heavy atom. The molecule has 106 valence electrons. The molecule has 0 saturated heterocycles. The monoisotopic (exact) mass is 282 g/mol. The molecular weight excluding hydrogens is 269 g/mol. The largest absolute Gasteiger partial charge is 0.435 e. The summed E-state index contributed by atoms with van der Waals surface area (Å²) >= 11 is 0. The van der Waals surface area contributed by atoms with Gasteiger partial charge in [0.15, 0.2) is 0 Å². The lowest BCUT2D eigenvalue weighted by Crippen LogP contribution is -2.04. The number of rotatable bonds is 4. The summed E-state index contributed by atoms with van der Waals surface area (Å²) in [6, 6.07) is 10.0. The highest BCUT2D eigenvalue weighted by Gasteiger charge is 2.13. The first-order valence-corrected chi connectivity index (χ1v) is 5.96. The average Bonchev–Trinajstić information content (AvgIpc) is 2.40. The molecule has 5 heteroatoms. The molecule has 2 aromatic rings. The van der Waals surface area contributed by atoms with Crippen LogP contribution >= 0.6 is 0 Å². The van der Waals surface area contributed by atoms with E-state index in [9.17, 15) is 18.3 Å². The van der Waals surface area contributed by atoms with Crippen molar-refractivity contribution >= 4 is 0 Å². The van der Waals surface area contributed by atoms with Crippen LogP contribution in [0.5, 0.6) is 5.75 Å². The molecule has 2 aromatic carbocycles. The third-order valence-corrected chi connectivity index (χ3v) is 2.90. The number of alkyl halides is 2. The quantitative estimate of drug-likeness (QED) is 0.923. The van der Waals surface area contributed by atoms with Crippen LogP contribution in [0.4, 0.5) is 13.2 Å². The molecule has 20 heavy (non-hydrogen) atoms. The molecule has 0 heterocycles. The molecule has 0 amide bonds. The Bertz CT molecular complexity index is 599. The number of benzene rings is 2. The Morgan fingerprint density at radius 1 is 1.05 bits per heavy atom. The zero-order chi connectivity index (χ0) is 14.7. The Morgan fingerprint density at radius 3 is 2.40 bits per heavy atom. The molecule has 0 aromatic heterocycles. The van der Waals surface area contributed by atoms with Gasteiger partial charge in [-0.25, -0.2) is 4.39 Å². The van der Waals surface area contributed by atoms with Gasteiger partial charge >= 0.3 is 6.61 Å². The molecule has 0 radical (unpaired) electrons. The second-order valence-electron chi connectivity index (χ2n) is 4.36. The van der Waals surface area contributed by atoms with E-state index < -0.39 is 12.7 Å². The summed E-state index contributed by atoms with van der Waals surface area (Å²) in [6.45, 7) is -1.34. The van der Waals surface area contributed by atoms with Crippen molar-refractivity contribution in [3.63, 3.8) is 0 Å². The second kappa shape index (κ2) is 5.96. The van der Waals surface area contributed by atoms with Gasteiger partial charge in [-0.2, -0.15) is 8.78 Å². The lowest BCUT2D eigenvalue weighted by Gasteiger charge is -2.14. The van der Waals surface area contributed by atoms with Crippen LogP contribution in [-0.4, -0.2) is 11.7 Å². The third-order valence-electron chi connectivity index (χ3n) is 2.90. The minimum absolute atomic E-state index is 0.0321. The molecule has 1 unspecified atom stereocenters. The first-order chi connectivity index (χ1) is 9.47. The minimum Gasteiger partial charge on any atom is -0.435 e. The molecule has 1 N–H and O–H groups in total. The number of halogens is 3. The van der Waals surface area contributed by atoms with Gasteiger partial charge in [0.2, 0.25) is 0 Å². The maximum Gasteiger partial charge on any atom is 0.387 e. The molecular formula is C15H13F3O2. The lowest BCUT2D eigenvalue weighted by atomic mass is 10.00. The Kier molecular flexibility index (Phi) is 4.29. The number of aryl methyl sites for hydroxylation is 1. The first kappa shape index (κ1) is 14.4. The fraction of sp³-hybridized carbons (Fsp3) is 0.200. The molecule has 1 atom stereocenters. The molecule has 0 aliphatic rings. The van der Waals surface area contributed by atoms with Crippen LogP contribution in [0.3, 0.4) is 0 Å². The van der Waals surface area contributed by atoms with Crippen LogP contribution in [0.25, 0.3) is 0 Å². The molecule has 0 bridgehead atoms. The molecule has 0 aliphatic heterocycles. The van der Waals surface area contributed by atoms with Crippen molar-refractivity contribution in [1.29, 1.82) is 0 Å². The van der Waals surface area contributed by atoms with Gasteiger partial charge in [-0.05, 0) is 41.8 Å². The molecule has 2 nitrogen and oxygen atoms in total. The van der Waals surface area contributed by atoms with Crippen molar-refractivity contribution in [2.24, 2.45) is 0 Å². The summed E-state index contributed by atoms with van der Waals surface area (Å²) in [7, 11) is 0. The van der Waals surface area contributed by atoms with E-state index in [1.165, 1.54) is 36.4 Å². The fourth-order valence-electron chi connectivity index (χ4n) is 1.89. The third kappa shape index (κ3) is 3.30. The van der Waals surface area contributed by atoms with Crippen LogP contribution in [-0.2, 0) is 0 Å². The summed E-state index contributed by atoms with van der Waals surface area (Å²) in [5.41, 5.74) is 1.29. The Hall–Kier alpha value is -2.01. The zero-order valence-corrected chi connectivity index (χ0v) is 10.7. The SMILES string of the molecule is Cc1cc(C(O)c2cccc(OC(F)F)c2)ccc1F. The number of hydrogen-bond acceptors (Lipinski definition) is 2. The van der Waals surface area contributed by atoms with E-state index in [2.05, 4.69) is 4.74 Å². The number of aliphatic hydroxyl groups excluding tert-OH is 1. The van der Waals surface area contributed by atoms with E-state index in [1.54, 1.807) is 13.0 Å². The summed E-state index contributed by atoms with van der Waals surface area (Å²) < 4.78 is 41.8. The predicted octanol–water partition coefficient (Wildman–Crippen LogP) is 3.82. The van der Waals surface area contributed by atoms with E-state index in [4.69, 9.17) is 0 Å². The zero-order valence-electron chi connectivity index (χ0n) is 10.7. The van der Waals surface area contributed by atoms with Gasteiger partial charge in [-0.1, -0.05) is 24.3 Å². The van der Waals surface area contributed by atoms with Crippen LogP contribution < -0.4 is 4.74 Å². The van der Waals surface area contributed by atoms with Crippen LogP contribution in [0.15, 0.2) is 42.5 Å². The predicted molar refractivity (Wildman–Crippen MR) is 68.3 cm³/mol. The summed E-state index contributed by atoms with van der Waals surface area (Å²) in [6.07, 6.45) is -1.03. The normalized spacial score (nSPS) is 12.5. The van der Waals surface area contributed by atoms with E-state index >= 15 is 0 Å². The maximum atomic E-state index is 13.2. The van der Waals surface area contributed by atoms with Crippen molar-refractivity contribution in [2.75, 3.05) is 0 Å². The van der Waals surface area contributed by atoms with Crippen LogP contribution in [0.1, 0.15) is 22.8 Å². The van der Waals surface area contributed by atoms with Crippen LogP contribution in [0.2, 0.25) is 0 Å². The summed E-state index contributed by atoms with van der Waals surface area (Å²) in [5, 5.41) is 10.2. The van der Waals surface area contributed by atoms with Crippen molar-refractivity contribution in [2.45, 2.75) is 19.6 Å². The number of aliphatic hydroxyl groups is 1. The molecule has 0 spiro atoms. The van der Waals surface area contributed by atoms with Gasteiger partial charge in [0.25, 0.3) is 0 Å². The molecule has 0 aliphatic carbocycles. The van der Waals surface area contributed by atoms with Gasteiger partial charge in [-0.15, -0.1) is 0 Å². The summed E-state index contributed by atoms with van der Waals surface area (Å²) in [5.74, 6) is -0.397. The van der Waals surface area contributed by atoms with Gasteiger partial charge in [-0.3, -0.25) is 0 Å². The van der Waals surface area contributed by atoms with E-state index in [1.807, 2.05) is 0 Å². The first-order valence-electron chi connectivity index (χ1n) is 5.96. The topological polar surface area (TPSA) is 29.5 Å². The van der Waals surface area contributed by atoms with Gasteiger partial charge < -0.3 is 9.84 Å².